The largest absolute Gasteiger partial charge is 0.493 e. The van der Waals surface area contributed by atoms with Crippen LogP contribution >= 0.6 is 0 Å². The van der Waals surface area contributed by atoms with Gasteiger partial charge in [0.25, 0.3) is 0 Å². The van der Waals surface area contributed by atoms with Crippen molar-refractivity contribution in [3.05, 3.63) is 94.8 Å². The van der Waals surface area contributed by atoms with E-state index in [1.54, 1.807) is 13.2 Å². The van der Waals surface area contributed by atoms with E-state index in [0.29, 0.717) is 11.5 Å². The van der Waals surface area contributed by atoms with E-state index >= 15 is 0 Å². The van der Waals surface area contributed by atoms with E-state index in [1.807, 2.05) is 36.4 Å². The number of para-hydroxylation sites is 3. The molecule has 2 aromatic heterocycles. The summed E-state index contributed by atoms with van der Waals surface area (Å²) in [7, 11) is 1.57. The van der Waals surface area contributed by atoms with Crippen molar-refractivity contribution in [2.45, 2.75) is 19.8 Å². The van der Waals surface area contributed by atoms with Crippen LogP contribution in [0.4, 0.5) is 0 Å². The average Bonchev–Trinajstić information content (AvgIpc) is 3.34. The van der Waals surface area contributed by atoms with Gasteiger partial charge in [0.15, 0.2) is 18.1 Å². The van der Waals surface area contributed by atoms with Crippen molar-refractivity contribution in [3.63, 3.8) is 0 Å². The number of rotatable bonds is 7. The predicted octanol–water partition coefficient (Wildman–Crippen LogP) is 5.92. The van der Waals surface area contributed by atoms with Gasteiger partial charge in [0.2, 0.25) is 0 Å². The Bertz CT molecular complexity index is 1430. The fourth-order valence-corrected chi connectivity index (χ4v) is 5.01. The van der Waals surface area contributed by atoms with Gasteiger partial charge in [-0.25, -0.2) is 4.79 Å². The Balaban J connectivity index is 1.86. The van der Waals surface area contributed by atoms with Crippen molar-refractivity contribution in [2.24, 2.45) is 0 Å². The number of aliphatic carboxylic acids is 1. The molecule has 0 saturated heterocycles. The number of aromatic amines is 2. The molecule has 0 spiro atoms. The number of aryl methyl sites for hydroxylation is 2. The summed E-state index contributed by atoms with van der Waals surface area (Å²) in [5.41, 5.74) is 7.28. The molecule has 5 aromatic rings. The molecule has 0 fully saturated rings. The van der Waals surface area contributed by atoms with Crippen LogP contribution in [0.2, 0.25) is 0 Å². The van der Waals surface area contributed by atoms with Crippen molar-refractivity contribution >= 4 is 27.8 Å². The lowest BCUT2D eigenvalue weighted by Crippen LogP contribution is -2.14. The number of H-pyrrole nitrogens is 2. The molecule has 0 bridgehead atoms. The highest BCUT2D eigenvalue weighted by Crippen LogP contribution is 2.47. The maximum atomic E-state index is 11.4. The first-order valence-electron chi connectivity index (χ1n) is 11.2. The van der Waals surface area contributed by atoms with E-state index in [1.165, 1.54) is 0 Å². The molecule has 0 atom stereocenters. The van der Waals surface area contributed by atoms with Gasteiger partial charge in [-0.15, -0.1) is 0 Å². The molecule has 6 heteroatoms. The number of hydrogen-bond donors (Lipinski definition) is 3. The topological polar surface area (TPSA) is 87.3 Å². The smallest absolute Gasteiger partial charge is 0.341 e. The molecule has 2 heterocycles. The number of aromatic nitrogens is 2. The number of benzene rings is 3. The Morgan fingerprint density at radius 3 is 1.94 bits per heavy atom. The van der Waals surface area contributed by atoms with Gasteiger partial charge in [-0.2, -0.15) is 0 Å². The summed E-state index contributed by atoms with van der Waals surface area (Å²) >= 11 is 0. The van der Waals surface area contributed by atoms with Gasteiger partial charge in [-0.05, 0) is 43.2 Å². The molecule has 172 valence electrons. The third kappa shape index (κ3) is 3.57. The molecule has 0 aliphatic carbocycles. The molecular weight excluding hydrogens is 428 g/mol. The first-order chi connectivity index (χ1) is 16.5. The quantitative estimate of drug-likeness (QED) is 0.285. The summed E-state index contributed by atoms with van der Waals surface area (Å²) < 4.78 is 11.5. The van der Waals surface area contributed by atoms with E-state index in [-0.39, 0.29) is 5.92 Å². The van der Waals surface area contributed by atoms with Gasteiger partial charge >= 0.3 is 5.97 Å². The minimum Gasteiger partial charge on any atom is -0.493 e. The summed E-state index contributed by atoms with van der Waals surface area (Å²) in [4.78, 5) is 18.5. The number of nitrogens with one attached hydrogen (secondary N) is 2. The van der Waals surface area contributed by atoms with Crippen molar-refractivity contribution in [2.75, 3.05) is 13.7 Å². The Morgan fingerprint density at radius 1 is 0.853 bits per heavy atom. The SMILES string of the molecule is COc1cccc(C(c2c(C)[nH]c3ccccc23)c2c(C)[nH]c3ccccc23)c1OCC(=O)O. The number of methoxy groups -OCH3 is 1. The molecule has 0 aliphatic rings. The van der Waals surface area contributed by atoms with Crippen molar-refractivity contribution in [3.8, 4) is 11.5 Å². The Morgan fingerprint density at radius 2 is 1.41 bits per heavy atom. The molecule has 0 unspecified atom stereocenters. The van der Waals surface area contributed by atoms with Crippen LogP contribution in [0.5, 0.6) is 11.5 Å². The lowest BCUT2D eigenvalue weighted by molar-refractivity contribution is -0.139. The molecule has 34 heavy (non-hydrogen) atoms. The fourth-order valence-electron chi connectivity index (χ4n) is 5.01. The van der Waals surface area contributed by atoms with Crippen molar-refractivity contribution in [1.29, 1.82) is 0 Å². The zero-order chi connectivity index (χ0) is 23.8. The zero-order valence-corrected chi connectivity index (χ0v) is 19.3. The van der Waals surface area contributed by atoms with Gasteiger partial charge in [0.05, 0.1) is 7.11 Å². The minimum absolute atomic E-state index is 0.230. The van der Waals surface area contributed by atoms with Crippen LogP contribution in [0.1, 0.15) is 34.0 Å². The standard InChI is InChI=1S/C28H26N2O4/c1-16-25(18-9-4-6-12-21(18)29-16)27(26-17(2)30-22-13-7-5-10-19(22)26)20-11-8-14-23(33-3)28(20)34-15-24(31)32/h4-14,27,29-30H,15H2,1-3H3,(H,31,32). The van der Waals surface area contributed by atoms with Gasteiger partial charge in [0.1, 0.15) is 0 Å². The number of carbonyl (C=O) groups is 1. The number of hydrogen-bond acceptors (Lipinski definition) is 3. The van der Waals surface area contributed by atoms with Crippen molar-refractivity contribution < 1.29 is 19.4 Å². The average molecular weight is 455 g/mol. The van der Waals surface area contributed by atoms with Crippen LogP contribution in [-0.4, -0.2) is 34.8 Å². The fraction of sp³-hybridized carbons (Fsp3) is 0.179. The molecular formula is C28H26N2O4. The number of fused-ring (bicyclic) bond motifs is 2. The maximum absolute atomic E-state index is 11.4. The Labute approximate surface area is 197 Å². The first-order valence-corrected chi connectivity index (χ1v) is 11.2. The van der Waals surface area contributed by atoms with E-state index in [9.17, 15) is 9.90 Å². The highest BCUT2D eigenvalue weighted by atomic mass is 16.5. The van der Waals surface area contributed by atoms with Crippen LogP contribution in [0.3, 0.4) is 0 Å². The Kier molecular flexibility index (Phi) is 5.49. The molecule has 3 aromatic carbocycles. The third-order valence-electron chi connectivity index (χ3n) is 6.34. The van der Waals surface area contributed by atoms with Crippen LogP contribution in [0.25, 0.3) is 21.8 Å². The Hall–Kier alpha value is -4.19. The van der Waals surface area contributed by atoms with E-state index < -0.39 is 12.6 Å². The van der Waals surface area contributed by atoms with Crippen LogP contribution < -0.4 is 9.47 Å². The summed E-state index contributed by atoms with van der Waals surface area (Å²) in [6.07, 6.45) is 0. The van der Waals surface area contributed by atoms with E-state index in [0.717, 1.165) is 49.9 Å². The van der Waals surface area contributed by atoms with Gasteiger partial charge in [-0.1, -0.05) is 48.5 Å². The summed E-state index contributed by atoms with van der Waals surface area (Å²) in [6, 6.07) is 22.2. The van der Waals surface area contributed by atoms with E-state index in [4.69, 9.17) is 9.47 Å². The van der Waals surface area contributed by atoms with Crippen LogP contribution in [-0.2, 0) is 4.79 Å². The minimum atomic E-state index is -1.04. The predicted molar refractivity (Wildman–Crippen MR) is 133 cm³/mol. The second-order valence-corrected chi connectivity index (χ2v) is 8.41. The lowest BCUT2D eigenvalue weighted by atomic mass is 9.81. The highest BCUT2D eigenvalue weighted by molar-refractivity contribution is 5.91. The lowest BCUT2D eigenvalue weighted by Gasteiger charge is -2.24. The van der Waals surface area contributed by atoms with E-state index in [2.05, 4.69) is 48.1 Å². The molecule has 0 radical (unpaired) electrons. The molecule has 0 saturated carbocycles. The molecule has 5 rings (SSSR count). The number of carboxylic acid groups (broad SMARTS) is 1. The van der Waals surface area contributed by atoms with Crippen LogP contribution in [0, 0.1) is 13.8 Å². The van der Waals surface area contributed by atoms with Gasteiger partial charge in [-0.3, -0.25) is 0 Å². The normalized spacial score (nSPS) is 11.4. The first kappa shape index (κ1) is 21.6. The molecule has 0 amide bonds. The van der Waals surface area contributed by atoms with Crippen LogP contribution in [0.15, 0.2) is 66.7 Å². The molecule has 3 N–H and O–H groups in total. The molecule has 0 aliphatic heterocycles. The number of ether oxygens (including phenoxy) is 2. The second kappa shape index (κ2) is 8.63. The summed E-state index contributed by atoms with van der Waals surface area (Å²) in [5.74, 6) is -0.336. The summed E-state index contributed by atoms with van der Waals surface area (Å²) in [6.45, 7) is 3.69. The number of carboxylic acids is 1. The second-order valence-electron chi connectivity index (χ2n) is 8.41. The summed E-state index contributed by atoms with van der Waals surface area (Å²) in [5, 5.41) is 11.6. The van der Waals surface area contributed by atoms with Gasteiger partial charge in [0, 0.05) is 44.7 Å². The monoisotopic (exact) mass is 454 g/mol. The van der Waals surface area contributed by atoms with Gasteiger partial charge < -0.3 is 24.5 Å². The van der Waals surface area contributed by atoms with Crippen molar-refractivity contribution in [1.82, 2.24) is 9.97 Å². The maximum Gasteiger partial charge on any atom is 0.341 e. The molecule has 6 nitrogen and oxygen atoms in total. The zero-order valence-electron chi connectivity index (χ0n) is 19.3. The third-order valence-corrected chi connectivity index (χ3v) is 6.34. The highest BCUT2D eigenvalue weighted by Gasteiger charge is 2.30.